The maximum absolute atomic E-state index is 14.3. The van der Waals surface area contributed by atoms with E-state index in [-0.39, 0.29) is 17.6 Å². The molecule has 0 bridgehead atoms. The second kappa shape index (κ2) is 12.1. The van der Waals surface area contributed by atoms with Gasteiger partial charge in [-0.2, -0.15) is 0 Å². The van der Waals surface area contributed by atoms with Crippen LogP contribution in [-0.2, 0) is 66.7 Å². The second-order valence-electron chi connectivity index (χ2n) is 11.4. The molecule has 0 aromatic heterocycles. The molecule has 9 atom stereocenters. The molecule has 44 heavy (non-hydrogen) atoms. The van der Waals surface area contributed by atoms with E-state index in [1.807, 2.05) is 0 Å². The average molecular weight is 623 g/mol. The lowest BCUT2D eigenvalue weighted by atomic mass is 9.44. The monoisotopic (exact) mass is 622 g/mol. The Morgan fingerprint density at radius 1 is 0.795 bits per heavy atom. The van der Waals surface area contributed by atoms with Gasteiger partial charge < -0.3 is 37.9 Å². The Bertz CT molecular complexity index is 1320. The molecular formula is C30H38O14. The quantitative estimate of drug-likeness (QED) is 0.213. The zero-order valence-electron chi connectivity index (χ0n) is 26.0. The van der Waals surface area contributed by atoms with Crippen molar-refractivity contribution in [2.75, 3.05) is 34.5 Å². The molecule has 14 heteroatoms. The van der Waals surface area contributed by atoms with Gasteiger partial charge in [0, 0.05) is 37.5 Å². The van der Waals surface area contributed by atoms with Crippen LogP contribution in [0.2, 0.25) is 0 Å². The number of methoxy groups -OCH3 is 3. The summed E-state index contributed by atoms with van der Waals surface area (Å²) >= 11 is 0. The van der Waals surface area contributed by atoms with Gasteiger partial charge in [-0.15, -0.1) is 0 Å². The number of Topliss-reactive ketones (excluding diaryl/α,β-unsaturated/α-hetero) is 1. The summed E-state index contributed by atoms with van der Waals surface area (Å²) in [5.41, 5.74) is -3.09. The van der Waals surface area contributed by atoms with Gasteiger partial charge in [0.2, 0.25) is 5.78 Å². The molecule has 0 radical (unpaired) electrons. The van der Waals surface area contributed by atoms with Gasteiger partial charge in [-0.1, -0.05) is 12.2 Å². The van der Waals surface area contributed by atoms with Crippen molar-refractivity contribution in [3.05, 3.63) is 23.3 Å². The lowest BCUT2D eigenvalue weighted by Gasteiger charge is -2.59. The van der Waals surface area contributed by atoms with E-state index in [9.17, 15) is 28.8 Å². The van der Waals surface area contributed by atoms with E-state index < -0.39 is 102 Å². The summed E-state index contributed by atoms with van der Waals surface area (Å²) in [4.78, 5) is 80.5. The van der Waals surface area contributed by atoms with Gasteiger partial charge in [-0.05, 0) is 27.7 Å². The number of hydrogen-bond donors (Lipinski definition) is 0. The highest BCUT2D eigenvalue weighted by atomic mass is 16.7. The van der Waals surface area contributed by atoms with E-state index >= 15 is 0 Å². The lowest BCUT2D eigenvalue weighted by molar-refractivity contribution is -0.260. The topological polar surface area (TPSA) is 176 Å². The highest BCUT2D eigenvalue weighted by Crippen LogP contribution is 2.69. The Balaban J connectivity index is 2.07. The first-order valence-electron chi connectivity index (χ1n) is 14.1. The van der Waals surface area contributed by atoms with Crippen LogP contribution in [0.5, 0.6) is 0 Å². The number of carbonyl (C=O) groups excluding carboxylic acids is 6. The minimum Gasteiger partial charge on any atom is -0.468 e. The zero-order valence-corrected chi connectivity index (χ0v) is 26.0. The minimum absolute atomic E-state index is 0.162. The van der Waals surface area contributed by atoms with Gasteiger partial charge in [0.25, 0.3) is 5.79 Å². The molecule has 0 aromatic carbocycles. The Kier molecular flexibility index (Phi) is 9.11. The number of allylic oxidation sites excluding steroid dienone is 2. The lowest BCUT2D eigenvalue weighted by Crippen LogP contribution is -2.74. The number of ketones is 1. The van der Waals surface area contributed by atoms with Gasteiger partial charge in [0.05, 0.1) is 38.8 Å². The highest BCUT2D eigenvalue weighted by Gasteiger charge is 2.85. The molecule has 14 nitrogen and oxygen atoms in total. The third-order valence-electron chi connectivity index (χ3n) is 9.57. The highest BCUT2D eigenvalue weighted by molar-refractivity contribution is 5.97. The molecular weight excluding hydrogens is 584 g/mol. The number of rotatable bonds is 8. The second-order valence-corrected chi connectivity index (χ2v) is 11.4. The molecule has 4 aliphatic rings. The summed E-state index contributed by atoms with van der Waals surface area (Å²) in [5.74, 6) is -10.2. The van der Waals surface area contributed by atoms with Crippen molar-refractivity contribution < 1.29 is 66.7 Å². The van der Waals surface area contributed by atoms with Crippen LogP contribution in [-0.4, -0.2) is 100 Å². The van der Waals surface area contributed by atoms with Crippen LogP contribution >= 0.6 is 0 Å². The maximum atomic E-state index is 14.3. The number of ether oxygens (including phenoxy) is 8. The van der Waals surface area contributed by atoms with E-state index in [4.69, 9.17) is 37.9 Å². The van der Waals surface area contributed by atoms with Crippen LogP contribution in [0, 0.1) is 22.7 Å². The smallest absolute Gasteiger partial charge is 0.367 e. The molecule has 4 fully saturated rings. The third kappa shape index (κ3) is 4.57. The summed E-state index contributed by atoms with van der Waals surface area (Å²) in [6, 6.07) is 0. The Labute approximate surface area is 254 Å². The molecule has 0 amide bonds. The summed E-state index contributed by atoms with van der Waals surface area (Å²) in [6.45, 7) is 6.51. The number of esters is 5. The predicted octanol–water partition coefficient (Wildman–Crippen LogP) is 0.983. The molecule has 4 rings (SSSR count). The third-order valence-corrected chi connectivity index (χ3v) is 9.57. The Morgan fingerprint density at radius 3 is 1.91 bits per heavy atom. The molecule has 2 saturated carbocycles. The van der Waals surface area contributed by atoms with Crippen molar-refractivity contribution in [2.45, 2.75) is 71.2 Å². The fourth-order valence-electron chi connectivity index (χ4n) is 7.37. The standard InChI is InChI=1S/C30H38O14/c1-9-14(3)24(33)43-17-11-18(42-16(5)31)29(26(35)37-6)12-40-20-19(32)21(44-25(34)15(4)10-2)23-28(17,22(20)29)13-41-30(23,39-8)27(36)38-7/h9-10,17-18,20-23H,11-13H2,1-8H3/b14-9+,15-10+/t17-,18+,20-,21?,22+,23-,28-,29-,30-/m0/s1. The summed E-state index contributed by atoms with van der Waals surface area (Å²) in [7, 11) is 3.36. The Hall–Kier alpha value is -3.62. The molecule has 2 aliphatic heterocycles. The van der Waals surface area contributed by atoms with Crippen LogP contribution in [0.25, 0.3) is 0 Å². The van der Waals surface area contributed by atoms with Crippen molar-refractivity contribution in [3.8, 4) is 0 Å². The van der Waals surface area contributed by atoms with Gasteiger partial charge in [-0.25, -0.2) is 14.4 Å². The van der Waals surface area contributed by atoms with Gasteiger partial charge in [0.15, 0.2) is 6.10 Å². The molecule has 242 valence electrons. The van der Waals surface area contributed by atoms with Crippen LogP contribution in [0.1, 0.15) is 41.0 Å². The van der Waals surface area contributed by atoms with Crippen LogP contribution in [0.15, 0.2) is 23.3 Å². The van der Waals surface area contributed by atoms with Crippen molar-refractivity contribution in [2.24, 2.45) is 22.7 Å². The average Bonchev–Trinajstić information content (AvgIpc) is 3.59. The van der Waals surface area contributed by atoms with Crippen molar-refractivity contribution >= 4 is 35.6 Å². The molecule has 2 heterocycles. The van der Waals surface area contributed by atoms with Gasteiger partial charge >= 0.3 is 29.8 Å². The Morgan fingerprint density at radius 2 is 1.39 bits per heavy atom. The summed E-state index contributed by atoms with van der Waals surface area (Å²) in [6.07, 6.45) is -3.05. The first-order chi connectivity index (χ1) is 20.8. The number of hydrogen-bond acceptors (Lipinski definition) is 14. The van der Waals surface area contributed by atoms with E-state index in [2.05, 4.69) is 0 Å². The summed E-state index contributed by atoms with van der Waals surface area (Å²) in [5, 5.41) is 0. The molecule has 1 unspecified atom stereocenters. The first-order valence-corrected chi connectivity index (χ1v) is 14.1. The zero-order chi connectivity index (χ0) is 32.8. The maximum Gasteiger partial charge on any atom is 0.367 e. The van der Waals surface area contributed by atoms with E-state index in [0.29, 0.717) is 0 Å². The normalized spacial score (nSPS) is 37.8. The molecule has 2 aliphatic carbocycles. The summed E-state index contributed by atoms with van der Waals surface area (Å²) < 4.78 is 45.6. The molecule has 1 spiro atoms. The van der Waals surface area contributed by atoms with Crippen LogP contribution in [0.3, 0.4) is 0 Å². The SMILES string of the molecule is C/C=C(\C)C(=O)OC1C(=O)[C@@H]2OC[C@]3(C(=O)OC)[C@H](OC(C)=O)C[C@H](OC(=O)/C(C)=C/C)[C@@]4(CO[C@](OC)(C(=O)OC)[C@@H]14)[C@@H]23. The van der Waals surface area contributed by atoms with Crippen LogP contribution in [0.4, 0.5) is 0 Å². The molecule has 0 aromatic rings. The van der Waals surface area contributed by atoms with Gasteiger partial charge in [0.1, 0.15) is 23.7 Å². The van der Waals surface area contributed by atoms with E-state index in [1.54, 1.807) is 13.8 Å². The molecule has 2 saturated heterocycles. The van der Waals surface area contributed by atoms with Crippen molar-refractivity contribution in [3.63, 3.8) is 0 Å². The minimum atomic E-state index is -2.36. The van der Waals surface area contributed by atoms with Crippen molar-refractivity contribution in [1.82, 2.24) is 0 Å². The van der Waals surface area contributed by atoms with Crippen LogP contribution < -0.4 is 0 Å². The van der Waals surface area contributed by atoms with Gasteiger partial charge in [-0.3, -0.25) is 14.4 Å². The van der Waals surface area contributed by atoms with Crippen molar-refractivity contribution in [1.29, 1.82) is 0 Å². The fourth-order valence-corrected chi connectivity index (χ4v) is 7.37. The molecule has 0 N–H and O–H groups in total. The largest absolute Gasteiger partial charge is 0.468 e. The van der Waals surface area contributed by atoms with E-state index in [0.717, 1.165) is 28.3 Å². The first kappa shape index (κ1) is 33.3. The predicted molar refractivity (Wildman–Crippen MR) is 145 cm³/mol. The number of carbonyl (C=O) groups is 6. The fraction of sp³-hybridized carbons (Fsp3) is 0.667. The van der Waals surface area contributed by atoms with E-state index in [1.165, 1.54) is 26.0 Å².